The highest BCUT2D eigenvalue weighted by molar-refractivity contribution is 5.71. The maximum Gasteiger partial charge on any atom is 0.308 e. The van der Waals surface area contributed by atoms with Crippen molar-refractivity contribution in [1.82, 2.24) is 0 Å². The molecule has 114 valence electrons. The molecule has 0 rings (SSSR count). The summed E-state index contributed by atoms with van der Waals surface area (Å²) in [5.74, 6) is 1.66. The van der Waals surface area contributed by atoms with Crippen LogP contribution in [0.4, 0.5) is 0 Å². The minimum atomic E-state index is -0.0685. The molecule has 0 spiro atoms. The molecule has 0 aromatic rings. The molecule has 0 aromatic heterocycles. The highest BCUT2D eigenvalue weighted by Gasteiger charge is 2.13. The van der Waals surface area contributed by atoms with Crippen molar-refractivity contribution in [3.05, 3.63) is 0 Å². The first-order valence-corrected chi connectivity index (χ1v) is 8.09. The summed E-state index contributed by atoms with van der Waals surface area (Å²) in [4.78, 5) is 11.3. The van der Waals surface area contributed by atoms with Gasteiger partial charge in [-0.2, -0.15) is 0 Å². The molecule has 19 heavy (non-hydrogen) atoms. The Labute approximate surface area is 120 Å². The number of hydrogen-bond acceptors (Lipinski definition) is 2. The van der Waals surface area contributed by atoms with Gasteiger partial charge in [0.2, 0.25) is 0 Å². The van der Waals surface area contributed by atoms with Crippen molar-refractivity contribution in [2.24, 2.45) is 17.8 Å². The number of hydrogen-bond donors (Lipinski definition) is 0. The Balaban J connectivity index is 3.54. The lowest BCUT2D eigenvalue weighted by atomic mass is 9.92. The van der Waals surface area contributed by atoms with E-state index in [4.69, 9.17) is 4.74 Å². The monoisotopic (exact) mass is 270 g/mol. The van der Waals surface area contributed by atoms with E-state index in [1.807, 2.05) is 6.92 Å². The Morgan fingerprint density at radius 2 is 1.37 bits per heavy atom. The maximum atomic E-state index is 11.3. The van der Waals surface area contributed by atoms with E-state index in [0.717, 1.165) is 24.7 Å². The molecule has 0 amide bonds. The first kappa shape index (κ1) is 18.5. The van der Waals surface area contributed by atoms with Crippen molar-refractivity contribution in [3.63, 3.8) is 0 Å². The van der Waals surface area contributed by atoms with Gasteiger partial charge in [0.15, 0.2) is 0 Å². The summed E-state index contributed by atoms with van der Waals surface area (Å²) in [6.45, 7) is 8.93. The average molecular weight is 270 g/mol. The highest BCUT2D eigenvalue weighted by Crippen LogP contribution is 2.21. The Bertz CT molecular complexity index is 225. The van der Waals surface area contributed by atoms with E-state index in [1.165, 1.54) is 45.6 Å². The van der Waals surface area contributed by atoms with Crippen LogP contribution in [0.1, 0.15) is 79.1 Å². The van der Waals surface area contributed by atoms with E-state index >= 15 is 0 Å². The van der Waals surface area contributed by atoms with Crippen molar-refractivity contribution in [3.8, 4) is 0 Å². The van der Waals surface area contributed by atoms with Crippen molar-refractivity contribution >= 4 is 5.97 Å². The van der Waals surface area contributed by atoms with Crippen molar-refractivity contribution in [1.29, 1.82) is 0 Å². The Morgan fingerprint density at radius 3 is 1.84 bits per heavy atom. The minimum Gasteiger partial charge on any atom is -0.469 e. The first-order chi connectivity index (χ1) is 9.01. The largest absolute Gasteiger partial charge is 0.469 e. The number of carbonyl (C=O) groups is 1. The van der Waals surface area contributed by atoms with Gasteiger partial charge in [-0.05, 0) is 18.3 Å². The molecule has 0 aromatic carbocycles. The normalized spacial score (nSPS) is 15.8. The summed E-state index contributed by atoms with van der Waals surface area (Å²) >= 11 is 0. The molecular formula is C17H34O2. The standard InChI is InChI=1S/C17H34O2/c1-6-9-14(2)10-7-11-15(3)12-8-13-16(4)17(18)19-5/h14-16H,6-13H2,1-5H3/t14-,15+,16+/m1/s1. The van der Waals surface area contributed by atoms with Crippen LogP contribution >= 0.6 is 0 Å². The summed E-state index contributed by atoms with van der Waals surface area (Å²) in [7, 11) is 1.47. The van der Waals surface area contributed by atoms with Gasteiger partial charge >= 0.3 is 5.97 Å². The molecule has 0 saturated carbocycles. The van der Waals surface area contributed by atoms with Crippen LogP contribution < -0.4 is 0 Å². The summed E-state index contributed by atoms with van der Waals surface area (Å²) in [6.07, 6.45) is 10.1. The maximum absolute atomic E-state index is 11.3. The van der Waals surface area contributed by atoms with Gasteiger partial charge in [0.05, 0.1) is 13.0 Å². The second kappa shape index (κ2) is 11.3. The Hall–Kier alpha value is -0.530. The lowest BCUT2D eigenvalue weighted by Crippen LogP contribution is -2.12. The topological polar surface area (TPSA) is 26.3 Å². The average Bonchev–Trinajstić information content (AvgIpc) is 2.37. The van der Waals surface area contributed by atoms with Gasteiger partial charge in [0, 0.05) is 0 Å². The quantitative estimate of drug-likeness (QED) is 0.482. The zero-order valence-corrected chi connectivity index (χ0v) is 13.7. The third kappa shape index (κ3) is 9.98. The van der Waals surface area contributed by atoms with Gasteiger partial charge in [0.1, 0.15) is 0 Å². The molecule has 0 radical (unpaired) electrons. The summed E-state index contributed by atoms with van der Waals surface area (Å²) in [5.41, 5.74) is 0. The fourth-order valence-corrected chi connectivity index (χ4v) is 2.69. The Morgan fingerprint density at radius 1 is 0.895 bits per heavy atom. The fraction of sp³-hybridized carbons (Fsp3) is 0.941. The van der Waals surface area contributed by atoms with Crippen LogP contribution in [0.25, 0.3) is 0 Å². The van der Waals surface area contributed by atoms with Crippen LogP contribution in [-0.4, -0.2) is 13.1 Å². The van der Waals surface area contributed by atoms with E-state index < -0.39 is 0 Å². The zero-order valence-electron chi connectivity index (χ0n) is 13.7. The summed E-state index contributed by atoms with van der Waals surface area (Å²) in [5, 5.41) is 0. The second-order valence-electron chi connectivity index (χ2n) is 6.29. The molecule has 0 unspecified atom stereocenters. The molecular weight excluding hydrogens is 236 g/mol. The molecule has 0 saturated heterocycles. The molecule has 0 N–H and O–H groups in total. The molecule has 0 bridgehead atoms. The number of ether oxygens (including phenoxy) is 1. The molecule has 2 nitrogen and oxygen atoms in total. The molecule has 0 aliphatic heterocycles. The van der Waals surface area contributed by atoms with E-state index in [9.17, 15) is 4.79 Å². The van der Waals surface area contributed by atoms with E-state index in [1.54, 1.807) is 0 Å². The van der Waals surface area contributed by atoms with Crippen molar-refractivity contribution in [2.45, 2.75) is 79.1 Å². The fourth-order valence-electron chi connectivity index (χ4n) is 2.69. The van der Waals surface area contributed by atoms with Crippen LogP contribution in [0, 0.1) is 17.8 Å². The smallest absolute Gasteiger partial charge is 0.308 e. The van der Waals surface area contributed by atoms with Gasteiger partial charge in [-0.1, -0.05) is 72.6 Å². The lowest BCUT2D eigenvalue weighted by molar-refractivity contribution is -0.145. The van der Waals surface area contributed by atoms with Crippen LogP contribution in [0.5, 0.6) is 0 Å². The predicted molar refractivity (Wildman–Crippen MR) is 82.1 cm³/mol. The number of rotatable bonds is 11. The predicted octanol–water partition coefficient (Wildman–Crippen LogP) is 5.21. The van der Waals surface area contributed by atoms with Gasteiger partial charge in [0.25, 0.3) is 0 Å². The second-order valence-corrected chi connectivity index (χ2v) is 6.29. The minimum absolute atomic E-state index is 0.0572. The van der Waals surface area contributed by atoms with Gasteiger partial charge in [-0.15, -0.1) is 0 Å². The van der Waals surface area contributed by atoms with Crippen LogP contribution in [-0.2, 0) is 9.53 Å². The van der Waals surface area contributed by atoms with E-state index in [-0.39, 0.29) is 11.9 Å². The van der Waals surface area contributed by atoms with Gasteiger partial charge in [-0.25, -0.2) is 0 Å². The third-order valence-electron chi connectivity index (χ3n) is 4.11. The zero-order chi connectivity index (χ0) is 14.7. The molecule has 0 fully saturated rings. The summed E-state index contributed by atoms with van der Waals surface area (Å²) in [6, 6.07) is 0. The number of esters is 1. The van der Waals surface area contributed by atoms with Crippen LogP contribution in [0.3, 0.4) is 0 Å². The lowest BCUT2D eigenvalue weighted by Gasteiger charge is -2.15. The SMILES string of the molecule is CCC[C@@H](C)CCC[C@H](C)CCC[C@H](C)C(=O)OC. The van der Waals surface area contributed by atoms with Gasteiger partial charge in [-0.3, -0.25) is 4.79 Å². The molecule has 3 atom stereocenters. The van der Waals surface area contributed by atoms with Crippen molar-refractivity contribution in [2.75, 3.05) is 7.11 Å². The molecule has 0 aliphatic rings. The van der Waals surface area contributed by atoms with E-state index in [2.05, 4.69) is 20.8 Å². The van der Waals surface area contributed by atoms with Crippen molar-refractivity contribution < 1.29 is 9.53 Å². The highest BCUT2D eigenvalue weighted by atomic mass is 16.5. The number of methoxy groups -OCH3 is 1. The molecule has 2 heteroatoms. The van der Waals surface area contributed by atoms with E-state index in [0.29, 0.717) is 0 Å². The molecule has 0 heterocycles. The molecule has 0 aliphatic carbocycles. The van der Waals surface area contributed by atoms with Crippen LogP contribution in [0.15, 0.2) is 0 Å². The van der Waals surface area contributed by atoms with Crippen LogP contribution in [0.2, 0.25) is 0 Å². The third-order valence-corrected chi connectivity index (χ3v) is 4.11. The summed E-state index contributed by atoms with van der Waals surface area (Å²) < 4.78 is 4.74. The van der Waals surface area contributed by atoms with Gasteiger partial charge < -0.3 is 4.74 Å². The first-order valence-electron chi connectivity index (χ1n) is 8.09. The number of carbonyl (C=O) groups excluding carboxylic acids is 1. The Kier molecular flexibility index (Phi) is 11.0.